The van der Waals surface area contributed by atoms with E-state index in [-0.39, 0.29) is 5.91 Å². The third-order valence-corrected chi connectivity index (χ3v) is 4.24. The van der Waals surface area contributed by atoms with E-state index in [4.69, 9.17) is 18.9 Å². The molecule has 1 amide bonds. The highest BCUT2D eigenvalue weighted by Crippen LogP contribution is 2.38. The van der Waals surface area contributed by atoms with E-state index in [0.717, 1.165) is 18.0 Å². The van der Waals surface area contributed by atoms with Gasteiger partial charge in [0.05, 0.1) is 33.6 Å². The quantitative estimate of drug-likeness (QED) is 0.886. The summed E-state index contributed by atoms with van der Waals surface area (Å²) in [4.78, 5) is 14.8. The number of carbonyl (C=O) groups excluding carboxylic acids is 1. The molecule has 26 heavy (non-hydrogen) atoms. The molecule has 7 heteroatoms. The SMILES string of the molecule is COc1cc(C(=O)Nc2ccc3c(c2)N(C)CCO3)cc(OC)c1OC. The van der Waals surface area contributed by atoms with Gasteiger partial charge in [-0.3, -0.25) is 4.79 Å². The van der Waals surface area contributed by atoms with Gasteiger partial charge in [-0.1, -0.05) is 0 Å². The van der Waals surface area contributed by atoms with E-state index in [9.17, 15) is 4.79 Å². The number of likely N-dealkylation sites (N-methyl/N-ethyl adjacent to an activating group) is 1. The number of fused-ring (bicyclic) bond motifs is 1. The molecular weight excluding hydrogens is 336 g/mol. The Kier molecular flexibility index (Phi) is 5.06. The van der Waals surface area contributed by atoms with E-state index in [0.29, 0.717) is 35.1 Å². The van der Waals surface area contributed by atoms with Crippen molar-refractivity contribution in [2.45, 2.75) is 0 Å². The number of nitrogens with zero attached hydrogens (tertiary/aromatic N) is 1. The number of rotatable bonds is 5. The Morgan fingerprint density at radius 1 is 1.08 bits per heavy atom. The molecule has 0 radical (unpaired) electrons. The zero-order valence-electron chi connectivity index (χ0n) is 15.3. The fourth-order valence-electron chi connectivity index (χ4n) is 2.84. The highest BCUT2D eigenvalue weighted by atomic mass is 16.5. The van der Waals surface area contributed by atoms with E-state index in [1.807, 2.05) is 25.2 Å². The van der Waals surface area contributed by atoms with Gasteiger partial charge in [0, 0.05) is 18.3 Å². The maximum Gasteiger partial charge on any atom is 0.255 e. The molecule has 0 atom stereocenters. The van der Waals surface area contributed by atoms with Crippen LogP contribution in [-0.2, 0) is 0 Å². The summed E-state index contributed by atoms with van der Waals surface area (Å²) in [5.41, 5.74) is 2.03. The smallest absolute Gasteiger partial charge is 0.255 e. The first kappa shape index (κ1) is 17.7. The minimum atomic E-state index is -0.274. The summed E-state index contributed by atoms with van der Waals surface area (Å²) in [5.74, 6) is 1.83. The lowest BCUT2D eigenvalue weighted by Gasteiger charge is -2.28. The number of methoxy groups -OCH3 is 3. The van der Waals surface area contributed by atoms with Crippen molar-refractivity contribution in [2.24, 2.45) is 0 Å². The van der Waals surface area contributed by atoms with E-state index in [1.54, 1.807) is 12.1 Å². The van der Waals surface area contributed by atoms with Crippen LogP contribution in [-0.4, -0.2) is 47.4 Å². The molecule has 0 saturated heterocycles. The van der Waals surface area contributed by atoms with Crippen molar-refractivity contribution in [2.75, 3.05) is 51.7 Å². The average Bonchev–Trinajstić information content (AvgIpc) is 2.67. The molecule has 138 valence electrons. The molecule has 7 nitrogen and oxygen atoms in total. The normalized spacial score (nSPS) is 12.7. The second kappa shape index (κ2) is 7.43. The van der Waals surface area contributed by atoms with Crippen molar-refractivity contribution in [3.63, 3.8) is 0 Å². The molecule has 3 rings (SSSR count). The Morgan fingerprint density at radius 3 is 2.38 bits per heavy atom. The van der Waals surface area contributed by atoms with Crippen molar-refractivity contribution in [3.05, 3.63) is 35.9 Å². The first-order chi connectivity index (χ1) is 12.6. The van der Waals surface area contributed by atoms with Crippen molar-refractivity contribution >= 4 is 17.3 Å². The molecule has 0 aliphatic carbocycles. The fourth-order valence-corrected chi connectivity index (χ4v) is 2.84. The van der Waals surface area contributed by atoms with Crippen LogP contribution >= 0.6 is 0 Å². The summed E-state index contributed by atoms with van der Waals surface area (Å²) in [6, 6.07) is 8.79. The monoisotopic (exact) mass is 358 g/mol. The Labute approximate surface area is 152 Å². The first-order valence-electron chi connectivity index (χ1n) is 8.16. The fraction of sp³-hybridized carbons (Fsp3) is 0.316. The van der Waals surface area contributed by atoms with E-state index < -0.39 is 0 Å². The minimum absolute atomic E-state index is 0.274. The summed E-state index contributed by atoms with van der Waals surface area (Å²) in [6.45, 7) is 1.46. The number of anilines is 2. The second-order valence-electron chi connectivity index (χ2n) is 5.82. The molecule has 0 bridgehead atoms. The molecular formula is C19H22N2O5. The molecule has 0 fully saturated rings. The maximum atomic E-state index is 12.7. The molecule has 1 aliphatic rings. The van der Waals surface area contributed by atoms with Crippen LogP contribution in [0.25, 0.3) is 0 Å². The summed E-state index contributed by atoms with van der Waals surface area (Å²) < 4.78 is 21.5. The topological polar surface area (TPSA) is 69.3 Å². The van der Waals surface area contributed by atoms with Crippen LogP contribution in [0.1, 0.15) is 10.4 Å². The van der Waals surface area contributed by atoms with E-state index >= 15 is 0 Å². The van der Waals surface area contributed by atoms with Crippen molar-refractivity contribution < 1.29 is 23.7 Å². The number of carbonyl (C=O) groups is 1. The van der Waals surface area contributed by atoms with Gasteiger partial charge in [0.1, 0.15) is 12.4 Å². The summed E-state index contributed by atoms with van der Waals surface area (Å²) in [5, 5.41) is 2.90. The van der Waals surface area contributed by atoms with Crippen LogP contribution in [0.4, 0.5) is 11.4 Å². The second-order valence-corrected chi connectivity index (χ2v) is 5.82. The Balaban J connectivity index is 1.87. The van der Waals surface area contributed by atoms with Crippen LogP contribution in [0.5, 0.6) is 23.0 Å². The summed E-state index contributed by atoms with van der Waals surface area (Å²) >= 11 is 0. The van der Waals surface area contributed by atoms with Gasteiger partial charge in [-0.25, -0.2) is 0 Å². The van der Waals surface area contributed by atoms with Gasteiger partial charge in [0.2, 0.25) is 5.75 Å². The third-order valence-electron chi connectivity index (χ3n) is 4.24. The number of amides is 1. The third kappa shape index (κ3) is 3.33. The maximum absolute atomic E-state index is 12.7. The number of hydrogen-bond acceptors (Lipinski definition) is 6. The number of hydrogen-bond donors (Lipinski definition) is 1. The predicted octanol–water partition coefficient (Wildman–Crippen LogP) is 2.79. The first-order valence-corrected chi connectivity index (χ1v) is 8.16. The van der Waals surface area contributed by atoms with Gasteiger partial charge < -0.3 is 29.2 Å². The summed E-state index contributed by atoms with van der Waals surface area (Å²) in [6.07, 6.45) is 0. The molecule has 1 aliphatic heterocycles. The Hall–Kier alpha value is -3.09. The molecule has 1 heterocycles. The van der Waals surface area contributed by atoms with Gasteiger partial charge >= 0.3 is 0 Å². The van der Waals surface area contributed by atoms with Gasteiger partial charge in [-0.05, 0) is 30.3 Å². The lowest BCUT2D eigenvalue weighted by Crippen LogP contribution is -2.28. The molecule has 2 aromatic carbocycles. The van der Waals surface area contributed by atoms with Crippen LogP contribution in [0, 0.1) is 0 Å². The van der Waals surface area contributed by atoms with Gasteiger partial charge in [0.25, 0.3) is 5.91 Å². The molecule has 2 aromatic rings. The van der Waals surface area contributed by atoms with Crippen molar-refractivity contribution in [1.82, 2.24) is 0 Å². The molecule has 0 aromatic heterocycles. The highest BCUT2D eigenvalue weighted by molar-refractivity contribution is 6.05. The largest absolute Gasteiger partial charge is 0.493 e. The molecule has 0 spiro atoms. The highest BCUT2D eigenvalue weighted by Gasteiger charge is 2.19. The van der Waals surface area contributed by atoms with Crippen LogP contribution < -0.4 is 29.2 Å². The van der Waals surface area contributed by atoms with Gasteiger partial charge in [0.15, 0.2) is 11.5 Å². The van der Waals surface area contributed by atoms with E-state index in [2.05, 4.69) is 10.2 Å². The van der Waals surface area contributed by atoms with Crippen LogP contribution in [0.2, 0.25) is 0 Å². The van der Waals surface area contributed by atoms with E-state index in [1.165, 1.54) is 21.3 Å². The molecule has 0 unspecified atom stereocenters. The van der Waals surface area contributed by atoms with Crippen LogP contribution in [0.15, 0.2) is 30.3 Å². The lowest BCUT2D eigenvalue weighted by atomic mass is 10.1. The molecule has 0 saturated carbocycles. The number of benzene rings is 2. The number of nitrogens with one attached hydrogen (secondary N) is 1. The zero-order chi connectivity index (χ0) is 18.7. The minimum Gasteiger partial charge on any atom is -0.493 e. The van der Waals surface area contributed by atoms with Crippen molar-refractivity contribution in [1.29, 1.82) is 0 Å². The van der Waals surface area contributed by atoms with Crippen molar-refractivity contribution in [3.8, 4) is 23.0 Å². The summed E-state index contributed by atoms with van der Waals surface area (Å²) in [7, 11) is 6.54. The zero-order valence-corrected chi connectivity index (χ0v) is 15.3. The average molecular weight is 358 g/mol. The Morgan fingerprint density at radius 2 is 1.77 bits per heavy atom. The lowest BCUT2D eigenvalue weighted by molar-refractivity contribution is 0.102. The standard InChI is InChI=1S/C19H22N2O5/c1-21-7-8-26-15-6-5-13(11-14(15)21)20-19(22)12-9-16(23-2)18(25-4)17(10-12)24-3/h5-6,9-11H,7-8H2,1-4H3,(H,20,22). The van der Waals surface area contributed by atoms with Gasteiger partial charge in [-0.15, -0.1) is 0 Å². The molecule has 1 N–H and O–H groups in total. The predicted molar refractivity (Wildman–Crippen MR) is 99.3 cm³/mol. The number of ether oxygens (including phenoxy) is 4. The Bertz CT molecular complexity index is 797. The van der Waals surface area contributed by atoms with Crippen LogP contribution in [0.3, 0.4) is 0 Å². The van der Waals surface area contributed by atoms with Gasteiger partial charge in [-0.2, -0.15) is 0 Å².